The molecule has 0 saturated heterocycles. The maximum absolute atomic E-state index is 5.63. The summed E-state index contributed by atoms with van der Waals surface area (Å²) in [6.07, 6.45) is 3.66. The Kier molecular flexibility index (Phi) is 10.3. The molecule has 0 aromatic heterocycles. The minimum absolute atomic E-state index is 0.851. The average Bonchev–Trinajstić information content (AvgIpc) is 2.29. The second-order valence-corrected chi connectivity index (χ2v) is 19.4. The number of hydrogen-bond donors (Lipinski definition) is 3. The molecule has 0 saturated carbocycles. The fourth-order valence-electron chi connectivity index (χ4n) is 2.34. The van der Waals surface area contributed by atoms with Crippen LogP contribution >= 0.6 is 0 Å². The van der Waals surface area contributed by atoms with E-state index in [1.54, 1.807) is 0 Å². The first-order valence-corrected chi connectivity index (χ1v) is 14.4. The number of hydrogen-bond acceptors (Lipinski definition) is 3. The van der Waals surface area contributed by atoms with Crippen LogP contribution in [0.25, 0.3) is 0 Å². The third-order valence-electron chi connectivity index (χ3n) is 3.48. The summed E-state index contributed by atoms with van der Waals surface area (Å²) in [5.74, 6) is 0. The van der Waals surface area contributed by atoms with Crippen molar-refractivity contribution in [2.45, 2.75) is 43.9 Å². The fraction of sp³-hybridized carbons (Fsp3) is 1.00. The third kappa shape index (κ3) is 6.76. The normalized spacial score (nSPS) is 12.0. The molecule has 0 aliphatic carbocycles. The Morgan fingerprint density at radius 3 is 1.27 bits per heavy atom. The zero-order chi connectivity index (χ0) is 11.6. The van der Waals surface area contributed by atoms with Gasteiger partial charge in [0.1, 0.15) is 0 Å². The summed E-state index contributed by atoms with van der Waals surface area (Å²) in [6, 6.07) is 0. The van der Waals surface area contributed by atoms with Gasteiger partial charge in [-0.2, -0.15) is 0 Å². The second-order valence-electron chi connectivity index (χ2n) is 4.53. The van der Waals surface area contributed by atoms with E-state index in [0.717, 1.165) is 19.6 Å². The van der Waals surface area contributed by atoms with Crippen LogP contribution in [-0.4, -0.2) is 38.0 Å². The third-order valence-corrected chi connectivity index (χ3v) is 19.9. The van der Waals surface area contributed by atoms with Gasteiger partial charge >= 0.3 is 99.1 Å². The summed E-state index contributed by atoms with van der Waals surface area (Å²) >= 11 is -1.86. The van der Waals surface area contributed by atoms with E-state index < -0.39 is 18.4 Å². The van der Waals surface area contributed by atoms with Crippen LogP contribution in [0.1, 0.15) is 26.2 Å². The molecule has 0 radical (unpaired) electrons. The van der Waals surface area contributed by atoms with Crippen molar-refractivity contribution in [3.63, 3.8) is 0 Å². The summed E-state index contributed by atoms with van der Waals surface area (Å²) in [4.78, 5) is 0. The van der Waals surface area contributed by atoms with Gasteiger partial charge in [0.15, 0.2) is 0 Å². The van der Waals surface area contributed by atoms with E-state index in [1.165, 1.54) is 37.0 Å². The van der Waals surface area contributed by atoms with Gasteiger partial charge in [0, 0.05) is 0 Å². The maximum atomic E-state index is 5.63. The molecule has 0 amide bonds. The van der Waals surface area contributed by atoms with Crippen molar-refractivity contribution in [1.82, 2.24) is 0 Å². The zero-order valence-corrected chi connectivity index (χ0v) is 13.2. The Bertz CT molecular complexity index is 120. The summed E-state index contributed by atoms with van der Waals surface area (Å²) in [7, 11) is 0. The van der Waals surface area contributed by atoms with Crippen molar-refractivity contribution >= 4 is 18.4 Å². The number of nitrogens with two attached hydrogens (primary N) is 3. The van der Waals surface area contributed by atoms with Crippen molar-refractivity contribution < 1.29 is 0 Å². The quantitative estimate of drug-likeness (QED) is 0.534. The molecule has 4 heteroatoms. The molecule has 0 rings (SSSR count). The Morgan fingerprint density at radius 2 is 1.07 bits per heavy atom. The van der Waals surface area contributed by atoms with E-state index in [2.05, 4.69) is 6.92 Å². The van der Waals surface area contributed by atoms with E-state index in [1.807, 2.05) is 0 Å². The molecule has 0 aliphatic rings. The van der Waals surface area contributed by atoms with Gasteiger partial charge in [-0.3, -0.25) is 0 Å². The van der Waals surface area contributed by atoms with Gasteiger partial charge in [-0.25, -0.2) is 0 Å². The molecule has 0 aliphatic heterocycles. The first-order chi connectivity index (χ1) is 7.24. The minimum atomic E-state index is -1.86. The molecule has 15 heavy (non-hydrogen) atoms. The van der Waals surface area contributed by atoms with E-state index in [0.29, 0.717) is 0 Å². The van der Waals surface area contributed by atoms with Crippen LogP contribution in [0, 0.1) is 0 Å². The van der Waals surface area contributed by atoms with Crippen molar-refractivity contribution in [3.05, 3.63) is 0 Å². The van der Waals surface area contributed by atoms with Crippen LogP contribution in [0.3, 0.4) is 0 Å². The Balaban J connectivity index is 4.16. The summed E-state index contributed by atoms with van der Waals surface area (Å²) in [6.45, 7) is 4.93. The Morgan fingerprint density at radius 1 is 0.733 bits per heavy atom. The predicted molar refractivity (Wildman–Crippen MR) is 71.7 cm³/mol. The molecule has 0 spiro atoms. The van der Waals surface area contributed by atoms with Crippen LogP contribution in [-0.2, 0) is 0 Å². The molecule has 3 nitrogen and oxygen atoms in total. The predicted octanol–water partition coefficient (Wildman–Crippen LogP) is 1.50. The van der Waals surface area contributed by atoms with Gasteiger partial charge in [0.05, 0.1) is 0 Å². The monoisotopic (exact) mass is 323 g/mol. The summed E-state index contributed by atoms with van der Waals surface area (Å²) in [5.41, 5.74) is 16.9. The topological polar surface area (TPSA) is 78.1 Å². The van der Waals surface area contributed by atoms with Crippen LogP contribution in [0.5, 0.6) is 0 Å². The molecular weight excluding hydrogens is 293 g/mol. The molecule has 0 aromatic rings. The molecule has 92 valence electrons. The van der Waals surface area contributed by atoms with Gasteiger partial charge in [-0.05, 0) is 0 Å². The average molecular weight is 322 g/mol. The van der Waals surface area contributed by atoms with Crippen molar-refractivity contribution in [2.24, 2.45) is 17.2 Å². The van der Waals surface area contributed by atoms with Gasteiger partial charge in [-0.15, -0.1) is 0 Å². The van der Waals surface area contributed by atoms with Gasteiger partial charge in [-0.1, -0.05) is 0 Å². The van der Waals surface area contributed by atoms with Gasteiger partial charge < -0.3 is 0 Å². The van der Waals surface area contributed by atoms with E-state index >= 15 is 0 Å². The van der Waals surface area contributed by atoms with Crippen molar-refractivity contribution in [2.75, 3.05) is 19.6 Å². The Labute approximate surface area is 99.0 Å². The molecular formula is C11H29N3Sn. The molecule has 0 bridgehead atoms. The van der Waals surface area contributed by atoms with Crippen LogP contribution < -0.4 is 17.2 Å². The van der Waals surface area contributed by atoms with Crippen molar-refractivity contribution in [1.29, 1.82) is 0 Å². The SMILES string of the molecule is C[CH2][Sn]([CH2]CCN)([CH2]CCN)[CH2]CCN. The van der Waals surface area contributed by atoms with Crippen LogP contribution in [0.4, 0.5) is 0 Å². The molecule has 0 heterocycles. The van der Waals surface area contributed by atoms with E-state index in [-0.39, 0.29) is 0 Å². The first-order valence-electron chi connectivity index (χ1n) is 6.35. The summed E-state index contributed by atoms with van der Waals surface area (Å²) in [5, 5.41) is 0. The van der Waals surface area contributed by atoms with Crippen LogP contribution in [0.2, 0.25) is 17.7 Å². The Hall–Kier alpha value is 0.679. The van der Waals surface area contributed by atoms with E-state index in [4.69, 9.17) is 17.2 Å². The molecule has 0 unspecified atom stereocenters. The number of rotatable bonds is 10. The first kappa shape index (κ1) is 15.7. The van der Waals surface area contributed by atoms with Crippen molar-refractivity contribution in [3.8, 4) is 0 Å². The fourth-order valence-corrected chi connectivity index (χ4v) is 15.7. The zero-order valence-electron chi connectivity index (χ0n) is 10.3. The molecule has 6 N–H and O–H groups in total. The van der Waals surface area contributed by atoms with E-state index in [9.17, 15) is 0 Å². The standard InChI is InChI=1S/3C3H8N.C2H5.Sn/c3*1-2-3-4;1-2;/h3*1-4H2;1H2,2H3;. The van der Waals surface area contributed by atoms with Crippen LogP contribution in [0.15, 0.2) is 0 Å². The van der Waals surface area contributed by atoms with Gasteiger partial charge in [0.2, 0.25) is 0 Å². The summed E-state index contributed by atoms with van der Waals surface area (Å²) < 4.78 is 5.78. The molecule has 0 fully saturated rings. The van der Waals surface area contributed by atoms with Gasteiger partial charge in [0.25, 0.3) is 0 Å². The second kappa shape index (κ2) is 9.87. The molecule has 0 atom stereocenters. The molecule has 0 aromatic carbocycles.